The van der Waals surface area contributed by atoms with Gasteiger partial charge in [0.1, 0.15) is 5.76 Å². The van der Waals surface area contributed by atoms with Crippen LogP contribution in [-0.2, 0) is 11.3 Å². The van der Waals surface area contributed by atoms with Gasteiger partial charge in [0.05, 0.1) is 24.1 Å². The molecule has 2 rings (SSSR count). The standard InChI is InChI=1S/C27H41N3O3/c1-4-7-9-10-11-14-26(31)29-22-15-16-25(24(20-22)27(32)28-17-6-3)30(18-8-5-2)21-23-13-12-19-33-23/h12-13,15-16,19-20H,4-11,14,17-18,21H2,1-3H3,(H,28,32)(H,29,31). The number of amides is 2. The molecule has 33 heavy (non-hydrogen) atoms. The number of nitrogens with zero attached hydrogens (tertiary/aromatic N) is 1. The third-order valence-corrected chi connectivity index (χ3v) is 5.62. The van der Waals surface area contributed by atoms with Crippen molar-refractivity contribution in [2.45, 2.75) is 85.1 Å². The van der Waals surface area contributed by atoms with Gasteiger partial charge < -0.3 is 20.0 Å². The van der Waals surface area contributed by atoms with Crippen molar-refractivity contribution in [3.05, 3.63) is 47.9 Å². The summed E-state index contributed by atoms with van der Waals surface area (Å²) in [6.45, 7) is 8.38. The van der Waals surface area contributed by atoms with Crippen LogP contribution in [0.25, 0.3) is 0 Å². The van der Waals surface area contributed by atoms with Crippen molar-refractivity contribution in [1.29, 1.82) is 0 Å². The number of hydrogen-bond donors (Lipinski definition) is 2. The molecule has 0 radical (unpaired) electrons. The Labute approximate surface area is 199 Å². The lowest BCUT2D eigenvalue weighted by Gasteiger charge is -2.26. The van der Waals surface area contributed by atoms with Crippen molar-refractivity contribution in [3.8, 4) is 0 Å². The molecular formula is C27H41N3O3. The first-order chi connectivity index (χ1) is 16.1. The molecule has 0 bridgehead atoms. The van der Waals surface area contributed by atoms with E-state index in [0.29, 0.717) is 30.8 Å². The second-order valence-corrected chi connectivity index (χ2v) is 8.55. The summed E-state index contributed by atoms with van der Waals surface area (Å²) in [5, 5.41) is 5.97. The first-order valence-electron chi connectivity index (χ1n) is 12.6. The fourth-order valence-electron chi connectivity index (χ4n) is 3.74. The summed E-state index contributed by atoms with van der Waals surface area (Å²) in [5.74, 6) is 0.729. The van der Waals surface area contributed by atoms with Gasteiger partial charge in [0.25, 0.3) is 5.91 Å². The smallest absolute Gasteiger partial charge is 0.253 e. The summed E-state index contributed by atoms with van der Waals surface area (Å²) in [7, 11) is 0. The van der Waals surface area contributed by atoms with E-state index >= 15 is 0 Å². The predicted octanol–water partition coefficient (Wildman–Crippen LogP) is 6.53. The lowest BCUT2D eigenvalue weighted by atomic mass is 10.1. The van der Waals surface area contributed by atoms with Gasteiger partial charge in [-0.3, -0.25) is 9.59 Å². The highest BCUT2D eigenvalue weighted by Crippen LogP contribution is 2.27. The largest absolute Gasteiger partial charge is 0.467 e. The lowest BCUT2D eigenvalue weighted by Crippen LogP contribution is -2.30. The number of furan rings is 1. The molecule has 1 aromatic carbocycles. The van der Waals surface area contributed by atoms with Crippen molar-refractivity contribution in [2.75, 3.05) is 23.3 Å². The van der Waals surface area contributed by atoms with Crippen molar-refractivity contribution >= 4 is 23.2 Å². The lowest BCUT2D eigenvalue weighted by molar-refractivity contribution is -0.116. The van der Waals surface area contributed by atoms with Crippen LogP contribution in [0.5, 0.6) is 0 Å². The summed E-state index contributed by atoms with van der Waals surface area (Å²) in [4.78, 5) is 27.7. The highest BCUT2D eigenvalue weighted by atomic mass is 16.3. The molecule has 6 nitrogen and oxygen atoms in total. The Kier molecular flexibility index (Phi) is 12.2. The Hall–Kier alpha value is -2.76. The molecule has 2 aromatic rings. The van der Waals surface area contributed by atoms with Gasteiger partial charge in [0.15, 0.2) is 0 Å². The molecule has 0 saturated carbocycles. The van der Waals surface area contributed by atoms with Crippen molar-refractivity contribution < 1.29 is 14.0 Å². The van der Waals surface area contributed by atoms with Crippen LogP contribution in [0, 0.1) is 0 Å². The Balaban J connectivity index is 2.20. The van der Waals surface area contributed by atoms with E-state index in [1.807, 2.05) is 31.2 Å². The molecule has 2 amide bonds. The molecule has 182 valence electrons. The molecule has 0 atom stereocenters. The Morgan fingerprint density at radius 2 is 1.73 bits per heavy atom. The number of nitrogens with one attached hydrogen (secondary N) is 2. The highest BCUT2D eigenvalue weighted by molar-refractivity contribution is 6.02. The zero-order valence-electron chi connectivity index (χ0n) is 20.6. The van der Waals surface area contributed by atoms with E-state index in [4.69, 9.17) is 4.42 Å². The van der Waals surface area contributed by atoms with Crippen LogP contribution in [0.4, 0.5) is 11.4 Å². The maximum Gasteiger partial charge on any atom is 0.253 e. The fraction of sp³-hybridized carbons (Fsp3) is 0.556. The van der Waals surface area contributed by atoms with Crippen LogP contribution in [0.1, 0.15) is 94.7 Å². The van der Waals surface area contributed by atoms with Crippen molar-refractivity contribution in [2.24, 2.45) is 0 Å². The van der Waals surface area contributed by atoms with Gasteiger partial charge in [-0.25, -0.2) is 0 Å². The SMILES string of the molecule is CCCCCCCC(=O)Nc1ccc(N(CCCC)Cc2ccco2)c(C(=O)NCCC)c1. The fourth-order valence-corrected chi connectivity index (χ4v) is 3.74. The van der Waals surface area contributed by atoms with E-state index in [9.17, 15) is 9.59 Å². The summed E-state index contributed by atoms with van der Waals surface area (Å²) in [6.07, 6.45) is 10.6. The number of benzene rings is 1. The predicted molar refractivity (Wildman–Crippen MR) is 136 cm³/mol. The van der Waals surface area contributed by atoms with Crippen LogP contribution >= 0.6 is 0 Å². The van der Waals surface area contributed by atoms with E-state index in [1.165, 1.54) is 19.3 Å². The van der Waals surface area contributed by atoms with E-state index in [-0.39, 0.29) is 11.8 Å². The number of rotatable bonds is 16. The first kappa shape index (κ1) is 26.5. The van der Waals surface area contributed by atoms with Crippen molar-refractivity contribution in [1.82, 2.24) is 5.32 Å². The number of anilines is 2. The van der Waals surface area contributed by atoms with Crippen LogP contribution in [-0.4, -0.2) is 24.9 Å². The summed E-state index contributed by atoms with van der Waals surface area (Å²) >= 11 is 0. The minimum absolute atomic E-state index is 0.00223. The molecule has 2 N–H and O–H groups in total. The van der Waals surface area contributed by atoms with Gasteiger partial charge in [-0.05, 0) is 49.6 Å². The van der Waals surface area contributed by atoms with Crippen molar-refractivity contribution in [3.63, 3.8) is 0 Å². The number of carbonyl (C=O) groups is 2. The van der Waals surface area contributed by atoms with Crippen LogP contribution < -0.4 is 15.5 Å². The minimum Gasteiger partial charge on any atom is -0.467 e. The number of carbonyl (C=O) groups excluding carboxylic acids is 2. The molecule has 1 aromatic heterocycles. The van der Waals surface area contributed by atoms with E-state index in [0.717, 1.165) is 50.1 Å². The van der Waals surface area contributed by atoms with Gasteiger partial charge in [0, 0.05) is 25.2 Å². The van der Waals surface area contributed by atoms with E-state index < -0.39 is 0 Å². The molecule has 0 aliphatic heterocycles. The monoisotopic (exact) mass is 455 g/mol. The summed E-state index contributed by atoms with van der Waals surface area (Å²) < 4.78 is 5.57. The first-order valence-corrected chi connectivity index (χ1v) is 12.6. The average molecular weight is 456 g/mol. The van der Waals surface area contributed by atoms with Crippen LogP contribution in [0.3, 0.4) is 0 Å². The Morgan fingerprint density at radius 3 is 2.42 bits per heavy atom. The molecule has 1 heterocycles. The Morgan fingerprint density at radius 1 is 0.939 bits per heavy atom. The van der Waals surface area contributed by atoms with Crippen LogP contribution in [0.2, 0.25) is 0 Å². The molecule has 0 saturated heterocycles. The van der Waals surface area contributed by atoms with Gasteiger partial charge in [-0.2, -0.15) is 0 Å². The summed E-state index contributed by atoms with van der Waals surface area (Å²) in [5.41, 5.74) is 2.09. The van der Waals surface area contributed by atoms with Gasteiger partial charge in [0.2, 0.25) is 5.91 Å². The van der Waals surface area contributed by atoms with Crippen LogP contribution in [0.15, 0.2) is 41.0 Å². The van der Waals surface area contributed by atoms with Gasteiger partial charge in [-0.1, -0.05) is 52.9 Å². The topological polar surface area (TPSA) is 74.6 Å². The second-order valence-electron chi connectivity index (χ2n) is 8.55. The highest BCUT2D eigenvalue weighted by Gasteiger charge is 2.19. The maximum absolute atomic E-state index is 13.0. The van der Waals surface area contributed by atoms with Gasteiger partial charge >= 0.3 is 0 Å². The molecule has 0 aliphatic rings. The average Bonchev–Trinajstić information content (AvgIpc) is 3.33. The number of hydrogen-bond acceptors (Lipinski definition) is 4. The van der Waals surface area contributed by atoms with Gasteiger partial charge in [-0.15, -0.1) is 0 Å². The van der Waals surface area contributed by atoms with E-state index in [2.05, 4.69) is 29.4 Å². The van der Waals surface area contributed by atoms with E-state index in [1.54, 1.807) is 12.3 Å². The Bertz CT molecular complexity index is 833. The molecule has 0 aliphatic carbocycles. The molecule has 0 unspecified atom stereocenters. The zero-order chi connectivity index (χ0) is 23.9. The molecule has 0 fully saturated rings. The third-order valence-electron chi connectivity index (χ3n) is 5.62. The third kappa shape index (κ3) is 9.32. The quantitative estimate of drug-likeness (QED) is 0.282. The summed E-state index contributed by atoms with van der Waals surface area (Å²) in [6, 6.07) is 9.46. The molecule has 6 heteroatoms. The maximum atomic E-state index is 13.0. The zero-order valence-corrected chi connectivity index (χ0v) is 20.6. The second kappa shape index (κ2) is 15.1. The minimum atomic E-state index is -0.122. The number of unbranched alkanes of at least 4 members (excludes halogenated alkanes) is 5. The molecular weight excluding hydrogens is 414 g/mol. The molecule has 0 spiro atoms. The normalized spacial score (nSPS) is 10.8.